The maximum Gasteiger partial charge on any atom is 0.472 e. The molecule has 0 saturated carbocycles. The summed E-state index contributed by atoms with van der Waals surface area (Å²) in [6.45, 7) is 7.27. The molecule has 0 bridgehead atoms. The summed E-state index contributed by atoms with van der Waals surface area (Å²) < 4.78 is 68.6. The van der Waals surface area contributed by atoms with Crippen molar-refractivity contribution in [3.05, 3.63) is 24.3 Å². The molecule has 0 radical (unpaired) electrons. The van der Waals surface area contributed by atoms with E-state index in [-0.39, 0.29) is 25.7 Å². The average Bonchev–Trinajstić information content (AvgIpc) is 3.80. The molecule has 0 heterocycles. The van der Waals surface area contributed by atoms with Gasteiger partial charge in [-0.2, -0.15) is 0 Å². The third-order valence-corrected chi connectivity index (χ3v) is 19.8. The number of unbranched alkanes of at least 4 members (excludes halogenated alkanes) is 46. The molecular formula is C79H150O17P2. The molecular weight excluding hydrogens is 1280 g/mol. The smallest absolute Gasteiger partial charge is 0.462 e. The number of carbonyl (C=O) groups excluding carboxylic acids is 4. The first-order chi connectivity index (χ1) is 47.5. The standard InChI is InChI=1S/C79H150O17P2/c1-6-9-12-15-18-21-24-27-29-32-39-44-49-54-59-64-78(83)95-74(68-89-76(81)62-57-52-47-42-37-31-26-23-20-17-14-11-8-3)70-93-97(85,86)91-66-73(80)67-92-98(87,88)94-71-75(96-79(84)65-60-55-50-45-40-33-30-28-25-22-19-16-13-10-7-2)69-90-77(82)63-58-53-48-43-38-35-34-36-41-46-51-56-61-72(4)5/h22,25,28,30,72-75,80H,6-21,23-24,26-27,29,31-71H2,1-5H3,(H,85,86)(H,87,88)/b25-22-,30-28-/t73-,74+,75+/m0/s1. The zero-order valence-corrected chi connectivity index (χ0v) is 65.2. The van der Waals surface area contributed by atoms with E-state index in [0.717, 1.165) is 109 Å². The minimum absolute atomic E-state index is 0.0855. The Morgan fingerprint density at radius 1 is 0.316 bits per heavy atom. The molecule has 17 nitrogen and oxygen atoms in total. The number of hydrogen-bond donors (Lipinski definition) is 3. The third-order valence-electron chi connectivity index (χ3n) is 17.9. The molecule has 3 N–H and O–H groups in total. The van der Waals surface area contributed by atoms with Crippen LogP contribution in [0.5, 0.6) is 0 Å². The van der Waals surface area contributed by atoms with Crippen molar-refractivity contribution in [2.45, 2.75) is 412 Å². The lowest BCUT2D eigenvalue weighted by molar-refractivity contribution is -0.161. The molecule has 5 atom stereocenters. The number of phosphoric acid groups is 2. The van der Waals surface area contributed by atoms with Gasteiger partial charge in [0.2, 0.25) is 0 Å². The van der Waals surface area contributed by atoms with Crippen LogP contribution in [-0.4, -0.2) is 96.7 Å². The van der Waals surface area contributed by atoms with Gasteiger partial charge in [0, 0.05) is 25.7 Å². The van der Waals surface area contributed by atoms with Crippen molar-refractivity contribution in [2.24, 2.45) is 5.92 Å². The second kappa shape index (κ2) is 71.5. The normalized spacial score (nSPS) is 14.1. The minimum Gasteiger partial charge on any atom is -0.462 e. The highest BCUT2D eigenvalue weighted by Crippen LogP contribution is 2.45. The van der Waals surface area contributed by atoms with E-state index in [0.29, 0.717) is 25.7 Å². The first-order valence-electron chi connectivity index (χ1n) is 40.5. The predicted octanol–water partition coefficient (Wildman–Crippen LogP) is 23.2. The summed E-state index contributed by atoms with van der Waals surface area (Å²) in [5.41, 5.74) is 0. The van der Waals surface area contributed by atoms with E-state index in [1.807, 2.05) is 0 Å². The van der Waals surface area contributed by atoms with E-state index in [9.17, 15) is 43.2 Å². The van der Waals surface area contributed by atoms with Gasteiger partial charge in [0.15, 0.2) is 12.2 Å². The topological polar surface area (TPSA) is 237 Å². The summed E-state index contributed by atoms with van der Waals surface area (Å²) in [6, 6.07) is 0. The van der Waals surface area contributed by atoms with Crippen LogP contribution in [0.25, 0.3) is 0 Å². The zero-order chi connectivity index (χ0) is 71.9. The number of phosphoric ester groups is 2. The number of aliphatic hydroxyl groups excluding tert-OH is 1. The van der Waals surface area contributed by atoms with Crippen LogP contribution >= 0.6 is 15.6 Å². The number of carbonyl (C=O) groups is 4. The van der Waals surface area contributed by atoms with Gasteiger partial charge in [-0.25, -0.2) is 9.13 Å². The van der Waals surface area contributed by atoms with Crippen LogP contribution in [-0.2, 0) is 65.4 Å². The van der Waals surface area contributed by atoms with Crippen molar-refractivity contribution >= 4 is 39.5 Å². The number of hydrogen-bond acceptors (Lipinski definition) is 15. The van der Waals surface area contributed by atoms with Crippen molar-refractivity contribution in [2.75, 3.05) is 39.6 Å². The van der Waals surface area contributed by atoms with Gasteiger partial charge in [0.05, 0.1) is 26.4 Å². The summed E-state index contributed by atoms with van der Waals surface area (Å²) in [5, 5.41) is 10.6. The fraction of sp³-hybridized carbons (Fsp3) is 0.899. The maximum absolute atomic E-state index is 13.1. The largest absolute Gasteiger partial charge is 0.472 e. The summed E-state index contributed by atoms with van der Waals surface area (Å²) in [7, 11) is -9.93. The lowest BCUT2D eigenvalue weighted by Gasteiger charge is -2.21. The first-order valence-corrected chi connectivity index (χ1v) is 43.4. The fourth-order valence-electron chi connectivity index (χ4n) is 11.7. The summed E-state index contributed by atoms with van der Waals surface area (Å²) in [5.74, 6) is -1.36. The molecule has 0 aliphatic carbocycles. The Morgan fingerprint density at radius 2 is 0.551 bits per heavy atom. The third kappa shape index (κ3) is 71.9. The number of esters is 4. The number of rotatable bonds is 77. The van der Waals surface area contributed by atoms with Gasteiger partial charge in [-0.05, 0) is 57.3 Å². The molecule has 2 unspecified atom stereocenters. The fourth-order valence-corrected chi connectivity index (χ4v) is 13.3. The highest BCUT2D eigenvalue weighted by molar-refractivity contribution is 7.47. The SMILES string of the molecule is CCCCCC/C=C\C=C/CCCCCCCC(=O)O[C@H](COC(=O)CCCCCCCCCCCCCCC(C)C)COP(=O)(O)OC[C@@H](O)COP(=O)(O)OC[C@@H](COC(=O)CCCCCCCCCCCCCCC)OC(=O)CCCCCCCCCCCCCCCCC. The highest BCUT2D eigenvalue weighted by Gasteiger charge is 2.30. The molecule has 578 valence electrons. The molecule has 0 aromatic heterocycles. The molecule has 0 aromatic carbocycles. The molecule has 0 fully saturated rings. The van der Waals surface area contributed by atoms with Crippen molar-refractivity contribution in [1.29, 1.82) is 0 Å². The average molecular weight is 1430 g/mol. The minimum atomic E-state index is -4.97. The maximum atomic E-state index is 13.1. The Labute approximate surface area is 599 Å². The second-order valence-corrected chi connectivity index (χ2v) is 31.2. The molecule has 0 amide bonds. The van der Waals surface area contributed by atoms with Crippen LogP contribution in [0.15, 0.2) is 24.3 Å². The van der Waals surface area contributed by atoms with Crippen molar-refractivity contribution in [3.8, 4) is 0 Å². The molecule has 0 spiro atoms. The summed E-state index contributed by atoms with van der Waals surface area (Å²) in [4.78, 5) is 73.0. The predicted molar refractivity (Wildman–Crippen MR) is 400 cm³/mol. The van der Waals surface area contributed by atoms with E-state index in [1.54, 1.807) is 0 Å². The highest BCUT2D eigenvalue weighted by atomic mass is 31.2. The molecule has 19 heteroatoms. The van der Waals surface area contributed by atoms with Gasteiger partial charge < -0.3 is 33.8 Å². The monoisotopic (exact) mass is 1430 g/mol. The van der Waals surface area contributed by atoms with Crippen LogP contribution in [0.1, 0.15) is 394 Å². The molecule has 0 saturated heterocycles. The van der Waals surface area contributed by atoms with E-state index in [1.165, 1.54) is 205 Å². The number of aliphatic hydroxyl groups is 1. The lowest BCUT2D eigenvalue weighted by atomic mass is 10.0. The van der Waals surface area contributed by atoms with E-state index < -0.39 is 97.5 Å². The van der Waals surface area contributed by atoms with E-state index in [2.05, 4.69) is 58.9 Å². The second-order valence-electron chi connectivity index (χ2n) is 28.2. The Morgan fingerprint density at radius 3 is 0.837 bits per heavy atom. The Bertz CT molecular complexity index is 1970. The number of ether oxygens (including phenoxy) is 4. The van der Waals surface area contributed by atoms with E-state index >= 15 is 0 Å². The van der Waals surface area contributed by atoms with Crippen LogP contribution in [0.2, 0.25) is 0 Å². The lowest BCUT2D eigenvalue weighted by Crippen LogP contribution is -2.30. The number of allylic oxidation sites excluding steroid dienone is 4. The van der Waals surface area contributed by atoms with Crippen molar-refractivity contribution in [1.82, 2.24) is 0 Å². The summed E-state index contributed by atoms with van der Waals surface area (Å²) >= 11 is 0. The van der Waals surface area contributed by atoms with Gasteiger partial charge in [0.25, 0.3) is 0 Å². The Balaban J connectivity index is 5.30. The Kier molecular flexibility index (Phi) is 69.7. The first kappa shape index (κ1) is 95.5. The van der Waals surface area contributed by atoms with Gasteiger partial charge >= 0.3 is 39.5 Å². The quantitative estimate of drug-likeness (QED) is 0.0169. The van der Waals surface area contributed by atoms with Crippen LogP contribution in [0.4, 0.5) is 0 Å². The van der Waals surface area contributed by atoms with Crippen molar-refractivity contribution in [3.63, 3.8) is 0 Å². The zero-order valence-electron chi connectivity index (χ0n) is 63.4. The van der Waals surface area contributed by atoms with Gasteiger partial charge in [-0.15, -0.1) is 0 Å². The van der Waals surface area contributed by atoms with Crippen LogP contribution < -0.4 is 0 Å². The van der Waals surface area contributed by atoms with E-state index in [4.69, 9.17) is 37.0 Å². The summed E-state index contributed by atoms with van der Waals surface area (Å²) in [6.07, 6.45) is 64.4. The van der Waals surface area contributed by atoms with Crippen LogP contribution in [0.3, 0.4) is 0 Å². The Hall–Kier alpha value is -2.46. The van der Waals surface area contributed by atoms with Gasteiger partial charge in [0.1, 0.15) is 19.3 Å². The van der Waals surface area contributed by atoms with Crippen LogP contribution in [0, 0.1) is 5.92 Å². The van der Waals surface area contributed by atoms with Gasteiger partial charge in [-0.3, -0.25) is 37.3 Å². The van der Waals surface area contributed by atoms with Crippen molar-refractivity contribution < 1.29 is 80.2 Å². The van der Waals surface area contributed by atoms with Gasteiger partial charge in [-0.1, -0.05) is 341 Å². The molecule has 0 rings (SSSR count). The molecule has 98 heavy (non-hydrogen) atoms. The molecule has 0 aromatic rings. The molecule has 0 aliphatic heterocycles. The molecule has 0 aliphatic rings.